The fourth-order valence-corrected chi connectivity index (χ4v) is 3.96. The number of rotatable bonds is 6. The molecule has 2 aromatic carbocycles. The van der Waals surface area contributed by atoms with Crippen molar-refractivity contribution in [1.29, 1.82) is 0 Å². The SMILES string of the molecule is COc1ccc(-c2cc(CSc3ncnc4c3cnn4-c3ccc(F)cc3)on2)cc1. The number of halogens is 1. The van der Waals surface area contributed by atoms with E-state index in [-0.39, 0.29) is 5.82 Å². The minimum absolute atomic E-state index is 0.299. The van der Waals surface area contributed by atoms with Gasteiger partial charge in [0, 0.05) is 11.6 Å². The number of benzene rings is 2. The average Bonchev–Trinajstić information content (AvgIpc) is 3.46. The lowest BCUT2D eigenvalue weighted by atomic mass is 10.1. The van der Waals surface area contributed by atoms with Crippen LogP contribution in [0.3, 0.4) is 0 Å². The number of fused-ring (bicyclic) bond motifs is 1. The minimum Gasteiger partial charge on any atom is -0.497 e. The Morgan fingerprint density at radius 1 is 1.06 bits per heavy atom. The van der Waals surface area contributed by atoms with Gasteiger partial charge in [-0.05, 0) is 48.5 Å². The van der Waals surface area contributed by atoms with Crippen molar-refractivity contribution in [3.8, 4) is 22.7 Å². The van der Waals surface area contributed by atoms with Gasteiger partial charge < -0.3 is 9.26 Å². The van der Waals surface area contributed by atoms with Crippen molar-refractivity contribution in [2.45, 2.75) is 10.8 Å². The summed E-state index contributed by atoms with van der Waals surface area (Å²) in [5.41, 5.74) is 3.09. The van der Waals surface area contributed by atoms with Crippen LogP contribution in [0.1, 0.15) is 5.76 Å². The van der Waals surface area contributed by atoms with E-state index < -0.39 is 0 Å². The lowest BCUT2D eigenvalue weighted by molar-refractivity contribution is 0.397. The topological polar surface area (TPSA) is 78.9 Å². The van der Waals surface area contributed by atoms with Crippen LogP contribution in [0.5, 0.6) is 5.75 Å². The summed E-state index contributed by atoms with van der Waals surface area (Å²) in [7, 11) is 1.63. The smallest absolute Gasteiger partial charge is 0.167 e. The average molecular weight is 433 g/mol. The Labute approximate surface area is 180 Å². The number of hydrogen-bond acceptors (Lipinski definition) is 7. The van der Waals surface area contributed by atoms with Crippen molar-refractivity contribution in [1.82, 2.24) is 24.9 Å². The molecular weight excluding hydrogens is 417 g/mol. The number of methoxy groups -OCH3 is 1. The number of nitrogens with zero attached hydrogens (tertiary/aromatic N) is 5. The van der Waals surface area contributed by atoms with Gasteiger partial charge in [0.2, 0.25) is 0 Å². The molecule has 0 saturated heterocycles. The van der Waals surface area contributed by atoms with Crippen molar-refractivity contribution in [3.05, 3.63) is 78.7 Å². The Morgan fingerprint density at radius 2 is 1.87 bits per heavy atom. The molecule has 3 heterocycles. The molecule has 0 spiro atoms. The third-order valence-electron chi connectivity index (χ3n) is 4.70. The molecule has 0 fully saturated rings. The first-order valence-corrected chi connectivity index (χ1v) is 10.4. The molecule has 0 aliphatic heterocycles. The van der Waals surface area contributed by atoms with Gasteiger partial charge in [-0.1, -0.05) is 16.9 Å². The van der Waals surface area contributed by atoms with E-state index in [9.17, 15) is 4.39 Å². The van der Waals surface area contributed by atoms with Crippen LogP contribution in [0.4, 0.5) is 4.39 Å². The van der Waals surface area contributed by atoms with E-state index >= 15 is 0 Å². The van der Waals surface area contributed by atoms with Crippen molar-refractivity contribution in [3.63, 3.8) is 0 Å². The van der Waals surface area contributed by atoms with Crippen LogP contribution in [0.15, 0.2) is 76.7 Å². The molecule has 0 atom stereocenters. The largest absolute Gasteiger partial charge is 0.497 e. The molecule has 154 valence electrons. The van der Waals surface area contributed by atoms with E-state index in [4.69, 9.17) is 9.26 Å². The first kappa shape index (κ1) is 19.3. The zero-order valence-corrected chi connectivity index (χ0v) is 17.2. The molecule has 31 heavy (non-hydrogen) atoms. The van der Waals surface area contributed by atoms with E-state index in [1.165, 1.54) is 30.2 Å². The van der Waals surface area contributed by atoms with E-state index in [0.717, 1.165) is 38.9 Å². The lowest BCUT2D eigenvalue weighted by Gasteiger charge is -2.03. The predicted molar refractivity (Wildman–Crippen MR) is 115 cm³/mol. The second-order valence-corrected chi connectivity index (χ2v) is 7.61. The molecule has 0 N–H and O–H groups in total. The number of hydrogen-bond donors (Lipinski definition) is 0. The second-order valence-electron chi connectivity index (χ2n) is 6.64. The van der Waals surface area contributed by atoms with Crippen molar-refractivity contribution < 1.29 is 13.7 Å². The van der Waals surface area contributed by atoms with Gasteiger partial charge in [0.15, 0.2) is 5.65 Å². The highest BCUT2D eigenvalue weighted by Crippen LogP contribution is 2.30. The maximum Gasteiger partial charge on any atom is 0.167 e. The number of thioether (sulfide) groups is 1. The monoisotopic (exact) mass is 433 g/mol. The molecule has 5 aromatic rings. The molecule has 3 aromatic heterocycles. The zero-order valence-electron chi connectivity index (χ0n) is 16.4. The molecule has 0 radical (unpaired) electrons. The molecular formula is C22H16FN5O2S. The maximum absolute atomic E-state index is 13.2. The Balaban J connectivity index is 1.35. The molecule has 0 bridgehead atoms. The van der Waals surface area contributed by atoms with E-state index in [2.05, 4.69) is 20.2 Å². The van der Waals surface area contributed by atoms with E-state index in [1.54, 1.807) is 30.1 Å². The molecule has 0 aliphatic rings. The fraction of sp³-hybridized carbons (Fsp3) is 0.0909. The first-order chi connectivity index (χ1) is 15.2. The fourth-order valence-electron chi connectivity index (χ4n) is 3.13. The molecule has 5 rings (SSSR count). The van der Waals surface area contributed by atoms with Crippen LogP contribution in [0.2, 0.25) is 0 Å². The predicted octanol–water partition coefficient (Wildman–Crippen LogP) is 4.91. The summed E-state index contributed by atoms with van der Waals surface area (Å²) in [6, 6.07) is 15.7. The van der Waals surface area contributed by atoms with Gasteiger partial charge in [-0.2, -0.15) is 5.10 Å². The highest BCUT2D eigenvalue weighted by Gasteiger charge is 2.13. The van der Waals surface area contributed by atoms with Gasteiger partial charge in [0.25, 0.3) is 0 Å². The van der Waals surface area contributed by atoms with Crippen LogP contribution in [-0.4, -0.2) is 32.0 Å². The third kappa shape index (κ3) is 3.87. The summed E-state index contributed by atoms with van der Waals surface area (Å²) in [6.07, 6.45) is 3.21. The summed E-state index contributed by atoms with van der Waals surface area (Å²) in [5, 5.41) is 10.1. The van der Waals surface area contributed by atoms with Crippen LogP contribution in [0, 0.1) is 5.82 Å². The molecule has 0 saturated carbocycles. The van der Waals surface area contributed by atoms with Gasteiger partial charge >= 0.3 is 0 Å². The standard InChI is InChI=1S/C22H16FN5O2S/c1-29-17-8-2-14(3-9-17)20-10-18(30-27-20)12-31-22-19-11-26-28(21(19)24-13-25-22)16-6-4-15(23)5-7-16/h2-11,13H,12H2,1H3. The Kier molecular flexibility index (Phi) is 5.09. The molecule has 9 heteroatoms. The highest BCUT2D eigenvalue weighted by molar-refractivity contribution is 7.98. The Morgan fingerprint density at radius 3 is 2.65 bits per heavy atom. The van der Waals surface area contributed by atoms with Crippen LogP contribution in [-0.2, 0) is 5.75 Å². The third-order valence-corrected chi connectivity index (χ3v) is 5.72. The number of aromatic nitrogens is 5. The van der Waals surface area contributed by atoms with Crippen LogP contribution in [0.25, 0.3) is 28.0 Å². The lowest BCUT2D eigenvalue weighted by Crippen LogP contribution is -1.98. The molecule has 0 unspecified atom stereocenters. The maximum atomic E-state index is 13.2. The highest BCUT2D eigenvalue weighted by atomic mass is 32.2. The van der Waals surface area contributed by atoms with Crippen molar-refractivity contribution in [2.75, 3.05) is 7.11 Å². The van der Waals surface area contributed by atoms with Crippen LogP contribution >= 0.6 is 11.8 Å². The van der Waals surface area contributed by atoms with Gasteiger partial charge in [-0.15, -0.1) is 0 Å². The quantitative estimate of drug-likeness (QED) is 0.278. The van der Waals surface area contributed by atoms with Gasteiger partial charge in [-0.3, -0.25) is 0 Å². The Hall–Kier alpha value is -3.72. The molecule has 0 aliphatic carbocycles. The van der Waals surface area contributed by atoms with Gasteiger partial charge in [-0.25, -0.2) is 19.0 Å². The van der Waals surface area contributed by atoms with Crippen molar-refractivity contribution >= 4 is 22.8 Å². The van der Waals surface area contributed by atoms with E-state index in [0.29, 0.717) is 11.4 Å². The summed E-state index contributed by atoms with van der Waals surface area (Å²) in [4.78, 5) is 8.74. The van der Waals surface area contributed by atoms with E-state index in [1.807, 2.05) is 30.3 Å². The summed E-state index contributed by atoms with van der Waals surface area (Å²) >= 11 is 1.51. The zero-order chi connectivity index (χ0) is 21.2. The minimum atomic E-state index is -0.299. The summed E-state index contributed by atoms with van der Waals surface area (Å²) < 4.78 is 25.6. The summed E-state index contributed by atoms with van der Waals surface area (Å²) in [6.45, 7) is 0. The van der Waals surface area contributed by atoms with Gasteiger partial charge in [0.05, 0.1) is 30.1 Å². The first-order valence-electron chi connectivity index (χ1n) is 9.39. The molecule has 7 nitrogen and oxygen atoms in total. The normalized spacial score (nSPS) is 11.2. The van der Waals surface area contributed by atoms with Crippen LogP contribution < -0.4 is 4.74 Å². The molecule has 0 amide bonds. The summed E-state index contributed by atoms with van der Waals surface area (Å²) in [5.74, 6) is 1.77. The number of ether oxygens (including phenoxy) is 1. The Bertz CT molecular complexity index is 1330. The second kappa shape index (κ2) is 8.19. The van der Waals surface area contributed by atoms with Crippen molar-refractivity contribution in [2.24, 2.45) is 0 Å². The van der Waals surface area contributed by atoms with Gasteiger partial charge in [0.1, 0.15) is 34.4 Å².